The Morgan fingerprint density at radius 2 is 1.55 bits per heavy atom. The van der Waals surface area contributed by atoms with Gasteiger partial charge in [0.15, 0.2) is 6.61 Å². The number of ether oxygens (including phenoxy) is 1. The van der Waals surface area contributed by atoms with E-state index in [0.717, 1.165) is 11.1 Å². The lowest BCUT2D eigenvalue weighted by Gasteiger charge is -2.18. The van der Waals surface area contributed by atoms with Crippen LogP contribution in [0.5, 0.6) is 5.75 Å². The molecule has 0 saturated carbocycles. The molecule has 2 aromatic rings. The van der Waals surface area contributed by atoms with Gasteiger partial charge in [0, 0.05) is 6.04 Å². The molecular formula is C22H30N2O4S. The van der Waals surface area contributed by atoms with Gasteiger partial charge in [-0.1, -0.05) is 12.1 Å². The SMILES string of the molecule is Cc1cc(C)c([C@H](C)NC(=O)COc2ccc(S(=O)(=O)NC(C)C)cc2)cc1C. The third-order valence-corrected chi connectivity index (χ3v) is 6.30. The number of carbonyl (C=O) groups is 1. The molecule has 0 heterocycles. The first kappa shape index (κ1) is 22.9. The van der Waals surface area contributed by atoms with Crippen molar-refractivity contribution in [2.24, 2.45) is 0 Å². The van der Waals surface area contributed by atoms with Gasteiger partial charge in [-0.2, -0.15) is 0 Å². The lowest BCUT2D eigenvalue weighted by molar-refractivity contribution is -0.123. The van der Waals surface area contributed by atoms with Crippen LogP contribution in [0.1, 0.15) is 49.1 Å². The number of amides is 1. The molecule has 2 aromatic carbocycles. The Bertz CT molecular complexity index is 967. The highest BCUT2D eigenvalue weighted by atomic mass is 32.2. The summed E-state index contributed by atoms with van der Waals surface area (Å²) in [4.78, 5) is 12.4. The first-order valence-electron chi connectivity index (χ1n) is 9.62. The molecule has 0 aliphatic rings. The zero-order valence-corrected chi connectivity index (χ0v) is 18.7. The summed E-state index contributed by atoms with van der Waals surface area (Å²) >= 11 is 0. The Balaban J connectivity index is 1.95. The van der Waals surface area contributed by atoms with Gasteiger partial charge >= 0.3 is 0 Å². The van der Waals surface area contributed by atoms with Crippen molar-refractivity contribution < 1.29 is 17.9 Å². The number of hydrogen-bond acceptors (Lipinski definition) is 4. The van der Waals surface area contributed by atoms with Gasteiger partial charge in [-0.15, -0.1) is 0 Å². The van der Waals surface area contributed by atoms with E-state index < -0.39 is 10.0 Å². The van der Waals surface area contributed by atoms with Crippen LogP contribution in [0.3, 0.4) is 0 Å². The van der Waals surface area contributed by atoms with Gasteiger partial charge in [-0.05, 0) is 88.1 Å². The molecule has 2 rings (SSSR count). The van der Waals surface area contributed by atoms with Gasteiger partial charge in [0.05, 0.1) is 10.9 Å². The van der Waals surface area contributed by atoms with Gasteiger partial charge in [-0.25, -0.2) is 13.1 Å². The van der Waals surface area contributed by atoms with E-state index in [1.165, 1.54) is 23.3 Å². The van der Waals surface area contributed by atoms with Crippen LogP contribution in [0.2, 0.25) is 0 Å². The highest BCUT2D eigenvalue weighted by molar-refractivity contribution is 7.89. The minimum absolute atomic E-state index is 0.139. The lowest BCUT2D eigenvalue weighted by Crippen LogP contribution is -2.31. The highest BCUT2D eigenvalue weighted by Crippen LogP contribution is 2.22. The summed E-state index contributed by atoms with van der Waals surface area (Å²) in [6, 6.07) is 9.88. The zero-order valence-electron chi connectivity index (χ0n) is 17.9. The summed E-state index contributed by atoms with van der Waals surface area (Å²) in [5, 5.41) is 2.94. The maximum atomic E-state index is 12.3. The minimum Gasteiger partial charge on any atom is -0.484 e. The predicted molar refractivity (Wildman–Crippen MR) is 115 cm³/mol. The minimum atomic E-state index is -3.55. The molecule has 0 radical (unpaired) electrons. The third kappa shape index (κ3) is 6.30. The topological polar surface area (TPSA) is 84.5 Å². The number of benzene rings is 2. The number of nitrogens with one attached hydrogen (secondary N) is 2. The first-order valence-corrected chi connectivity index (χ1v) is 11.1. The average Bonchev–Trinajstić information content (AvgIpc) is 2.62. The van der Waals surface area contributed by atoms with Crippen molar-refractivity contribution in [3.63, 3.8) is 0 Å². The highest BCUT2D eigenvalue weighted by Gasteiger charge is 2.16. The number of hydrogen-bond donors (Lipinski definition) is 2. The molecule has 158 valence electrons. The van der Waals surface area contributed by atoms with Crippen molar-refractivity contribution >= 4 is 15.9 Å². The quantitative estimate of drug-likeness (QED) is 0.687. The summed E-state index contributed by atoms with van der Waals surface area (Å²) in [7, 11) is -3.55. The molecule has 29 heavy (non-hydrogen) atoms. The van der Waals surface area contributed by atoms with E-state index in [1.807, 2.05) is 13.8 Å². The summed E-state index contributed by atoms with van der Waals surface area (Å²) in [5.74, 6) is 0.187. The molecule has 7 heteroatoms. The fourth-order valence-electron chi connectivity index (χ4n) is 3.05. The Hall–Kier alpha value is -2.38. The van der Waals surface area contributed by atoms with Gasteiger partial charge in [0.25, 0.3) is 5.91 Å². The molecule has 0 saturated heterocycles. The second-order valence-electron chi connectivity index (χ2n) is 7.62. The average molecular weight is 419 g/mol. The molecule has 2 N–H and O–H groups in total. The van der Waals surface area contributed by atoms with E-state index in [2.05, 4.69) is 36.0 Å². The number of rotatable bonds is 8. The smallest absolute Gasteiger partial charge is 0.258 e. The monoisotopic (exact) mass is 418 g/mol. The number of carbonyl (C=O) groups excluding carboxylic acids is 1. The maximum Gasteiger partial charge on any atom is 0.258 e. The van der Waals surface area contributed by atoms with Crippen LogP contribution in [0.4, 0.5) is 0 Å². The van der Waals surface area contributed by atoms with E-state index in [0.29, 0.717) is 5.75 Å². The fourth-order valence-corrected chi connectivity index (χ4v) is 4.30. The molecule has 0 aliphatic heterocycles. The molecule has 0 aliphatic carbocycles. The van der Waals surface area contributed by atoms with E-state index in [-0.39, 0.29) is 29.5 Å². The van der Waals surface area contributed by atoms with Gasteiger partial charge in [0.1, 0.15) is 5.75 Å². The van der Waals surface area contributed by atoms with E-state index >= 15 is 0 Å². The lowest BCUT2D eigenvalue weighted by atomic mass is 9.96. The molecule has 1 amide bonds. The number of aryl methyl sites for hydroxylation is 3. The summed E-state index contributed by atoms with van der Waals surface area (Å²) in [6.45, 7) is 11.5. The molecule has 0 spiro atoms. The van der Waals surface area contributed by atoms with Crippen LogP contribution in [-0.2, 0) is 14.8 Å². The Morgan fingerprint density at radius 3 is 2.14 bits per heavy atom. The Kier molecular flexibility index (Phi) is 7.43. The molecule has 1 atom stereocenters. The maximum absolute atomic E-state index is 12.3. The summed E-state index contributed by atoms with van der Waals surface area (Å²) in [6.07, 6.45) is 0. The first-order chi connectivity index (χ1) is 13.5. The van der Waals surface area contributed by atoms with E-state index in [4.69, 9.17) is 4.74 Å². The van der Waals surface area contributed by atoms with Crippen LogP contribution in [0, 0.1) is 20.8 Å². The molecular weight excluding hydrogens is 388 g/mol. The second-order valence-corrected chi connectivity index (χ2v) is 9.33. The Morgan fingerprint density at radius 1 is 0.966 bits per heavy atom. The zero-order chi connectivity index (χ0) is 21.8. The van der Waals surface area contributed by atoms with Crippen LogP contribution in [0.15, 0.2) is 41.3 Å². The van der Waals surface area contributed by atoms with E-state index in [9.17, 15) is 13.2 Å². The van der Waals surface area contributed by atoms with Gasteiger partial charge in [0.2, 0.25) is 10.0 Å². The summed E-state index contributed by atoms with van der Waals surface area (Å²) in [5.41, 5.74) is 4.62. The van der Waals surface area contributed by atoms with Crippen LogP contribution in [-0.4, -0.2) is 27.0 Å². The fraction of sp³-hybridized carbons (Fsp3) is 0.409. The van der Waals surface area contributed by atoms with Crippen molar-refractivity contribution in [3.8, 4) is 5.75 Å². The van der Waals surface area contributed by atoms with Gasteiger partial charge < -0.3 is 10.1 Å². The van der Waals surface area contributed by atoms with Crippen molar-refractivity contribution in [2.75, 3.05) is 6.61 Å². The molecule has 6 nitrogen and oxygen atoms in total. The normalized spacial score (nSPS) is 12.7. The predicted octanol–water partition coefficient (Wildman–Crippen LogP) is 3.55. The van der Waals surface area contributed by atoms with Gasteiger partial charge in [-0.3, -0.25) is 4.79 Å². The molecule has 0 aromatic heterocycles. The van der Waals surface area contributed by atoms with Crippen molar-refractivity contribution in [3.05, 3.63) is 58.7 Å². The number of sulfonamides is 1. The van der Waals surface area contributed by atoms with Crippen LogP contribution >= 0.6 is 0 Å². The van der Waals surface area contributed by atoms with Crippen LogP contribution < -0.4 is 14.8 Å². The summed E-state index contributed by atoms with van der Waals surface area (Å²) < 4.78 is 32.3. The van der Waals surface area contributed by atoms with Crippen molar-refractivity contribution in [1.29, 1.82) is 0 Å². The standard InChI is InChI=1S/C22H30N2O4S/c1-14(2)24-29(26,27)20-9-7-19(8-10-20)28-13-22(25)23-18(6)21-12-16(4)15(3)11-17(21)5/h7-12,14,18,24H,13H2,1-6H3,(H,23,25)/t18-/m0/s1. The molecule has 0 unspecified atom stereocenters. The second kappa shape index (κ2) is 9.41. The molecule has 0 bridgehead atoms. The largest absolute Gasteiger partial charge is 0.484 e. The van der Waals surface area contributed by atoms with Crippen LogP contribution in [0.25, 0.3) is 0 Å². The third-order valence-electron chi connectivity index (χ3n) is 4.62. The molecule has 0 fully saturated rings. The van der Waals surface area contributed by atoms with E-state index in [1.54, 1.807) is 26.0 Å². The van der Waals surface area contributed by atoms with Crippen molar-refractivity contribution in [1.82, 2.24) is 10.0 Å². The van der Waals surface area contributed by atoms with Crippen molar-refractivity contribution in [2.45, 2.75) is 58.5 Å². The Labute approximate surface area is 173 Å².